The number of amides is 1. The largest absolute Gasteiger partial charge is 0.497 e. The number of nitrogens with zero attached hydrogens (tertiary/aromatic N) is 1. The molecule has 1 aromatic heterocycles. The van der Waals surface area contributed by atoms with E-state index >= 15 is 0 Å². The van der Waals surface area contributed by atoms with Crippen molar-refractivity contribution < 1.29 is 27.5 Å². The molecule has 1 saturated heterocycles. The molecule has 0 aliphatic carbocycles. The fourth-order valence-electron chi connectivity index (χ4n) is 2.80. The van der Waals surface area contributed by atoms with Crippen LogP contribution in [-0.2, 0) is 30.6 Å². The fraction of sp³-hybridized carbons (Fsp3) is 0.389. The highest BCUT2D eigenvalue weighted by atomic mass is 32.2. The Kier molecular flexibility index (Phi) is 6.30. The normalized spacial score (nSPS) is 17.8. The van der Waals surface area contributed by atoms with E-state index in [0.29, 0.717) is 12.1 Å². The molecule has 1 fully saturated rings. The van der Waals surface area contributed by atoms with Crippen molar-refractivity contribution in [2.24, 2.45) is 0 Å². The summed E-state index contributed by atoms with van der Waals surface area (Å²) in [6.07, 6.45) is 0.333. The molecule has 1 aliphatic rings. The number of benzene rings is 1. The summed E-state index contributed by atoms with van der Waals surface area (Å²) in [5, 5.41) is 5.08. The standard InChI is InChI=1S/C18H20N2O6S2/c1-25-15-4-2-3-12(7-15)18-20-14(10-27-18)8-17(22)26-9-16(21)19-13-5-6-28(23,24)11-13/h2-4,7,10,13H,5-6,8-9,11H2,1H3,(H,19,21). The monoisotopic (exact) mass is 424 g/mol. The molecule has 0 saturated carbocycles. The molecule has 1 aromatic carbocycles. The first-order chi connectivity index (χ1) is 13.3. The minimum absolute atomic E-state index is 0.0500. The number of nitrogens with one attached hydrogen (secondary N) is 1. The number of aromatic nitrogens is 1. The van der Waals surface area contributed by atoms with Gasteiger partial charge in [-0.25, -0.2) is 13.4 Å². The molecule has 1 unspecified atom stereocenters. The molecule has 10 heteroatoms. The molecule has 1 aliphatic heterocycles. The third-order valence-corrected chi connectivity index (χ3v) is 6.86. The molecule has 2 heterocycles. The van der Waals surface area contributed by atoms with Gasteiger partial charge in [0.15, 0.2) is 16.4 Å². The Labute approximate surface area is 166 Å². The van der Waals surface area contributed by atoms with Crippen LogP contribution in [0.2, 0.25) is 0 Å². The van der Waals surface area contributed by atoms with E-state index in [4.69, 9.17) is 9.47 Å². The van der Waals surface area contributed by atoms with E-state index in [1.165, 1.54) is 11.3 Å². The highest BCUT2D eigenvalue weighted by Gasteiger charge is 2.29. The number of ether oxygens (including phenoxy) is 2. The summed E-state index contributed by atoms with van der Waals surface area (Å²) in [5.41, 5.74) is 1.44. The van der Waals surface area contributed by atoms with Crippen molar-refractivity contribution in [3.63, 3.8) is 0 Å². The summed E-state index contributed by atoms with van der Waals surface area (Å²) < 4.78 is 32.9. The highest BCUT2D eigenvalue weighted by Crippen LogP contribution is 2.27. The molecule has 1 N–H and O–H groups in total. The molecule has 0 bridgehead atoms. The van der Waals surface area contributed by atoms with Crippen molar-refractivity contribution in [1.29, 1.82) is 0 Å². The molecule has 28 heavy (non-hydrogen) atoms. The summed E-state index contributed by atoms with van der Waals surface area (Å²) in [6, 6.07) is 7.03. The number of carbonyl (C=O) groups excluding carboxylic acids is 2. The molecule has 2 aromatic rings. The summed E-state index contributed by atoms with van der Waals surface area (Å²) in [6.45, 7) is -0.442. The van der Waals surface area contributed by atoms with E-state index in [1.807, 2.05) is 24.3 Å². The van der Waals surface area contributed by atoms with Crippen LogP contribution in [0.4, 0.5) is 0 Å². The molecule has 1 atom stereocenters. The van der Waals surface area contributed by atoms with Crippen LogP contribution in [0.25, 0.3) is 10.6 Å². The molecular weight excluding hydrogens is 404 g/mol. The highest BCUT2D eigenvalue weighted by molar-refractivity contribution is 7.91. The quantitative estimate of drug-likeness (QED) is 0.665. The van der Waals surface area contributed by atoms with Gasteiger partial charge in [-0.3, -0.25) is 9.59 Å². The number of hydrogen-bond acceptors (Lipinski definition) is 8. The first-order valence-electron chi connectivity index (χ1n) is 8.59. The lowest BCUT2D eigenvalue weighted by Crippen LogP contribution is -2.38. The van der Waals surface area contributed by atoms with Crippen LogP contribution < -0.4 is 10.1 Å². The Morgan fingerprint density at radius 2 is 2.18 bits per heavy atom. The molecule has 3 rings (SSSR count). The minimum atomic E-state index is -3.08. The SMILES string of the molecule is COc1cccc(-c2nc(CC(=O)OCC(=O)NC3CCS(=O)(=O)C3)cs2)c1. The van der Waals surface area contributed by atoms with Gasteiger partial charge < -0.3 is 14.8 Å². The van der Waals surface area contributed by atoms with Gasteiger partial charge in [0.2, 0.25) is 0 Å². The van der Waals surface area contributed by atoms with E-state index in [9.17, 15) is 18.0 Å². The van der Waals surface area contributed by atoms with Gasteiger partial charge in [0.05, 0.1) is 30.7 Å². The second-order valence-electron chi connectivity index (χ2n) is 6.38. The predicted molar refractivity (Wildman–Crippen MR) is 104 cm³/mol. The van der Waals surface area contributed by atoms with Crippen molar-refractivity contribution in [1.82, 2.24) is 10.3 Å². The van der Waals surface area contributed by atoms with Crippen LogP contribution in [0, 0.1) is 0 Å². The van der Waals surface area contributed by atoms with Crippen LogP contribution in [0.3, 0.4) is 0 Å². The third kappa shape index (κ3) is 5.52. The van der Waals surface area contributed by atoms with Crippen LogP contribution in [0.15, 0.2) is 29.6 Å². The number of esters is 1. The zero-order valence-corrected chi connectivity index (χ0v) is 16.8. The van der Waals surface area contributed by atoms with Crippen molar-refractivity contribution in [3.8, 4) is 16.3 Å². The predicted octanol–water partition coefficient (Wildman–Crippen LogP) is 1.21. The number of rotatable bonds is 7. The van der Waals surface area contributed by atoms with E-state index in [1.54, 1.807) is 12.5 Å². The second kappa shape index (κ2) is 8.70. The average Bonchev–Trinajstić information content (AvgIpc) is 3.26. The van der Waals surface area contributed by atoms with Gasteiger partial charge in [-0.1, -0.05) is 12.1 Å². The van der Waals surface area contributed by atoms with Gasteiger partial charge in [0, 0.05) is 17.0 Å². The topological polar surface area (TPSA) is 112 Å². The third-order valence-electron chi connectivity index (χ3n) is 4.16. The van der Waals surface area contributed by atoms with E-state index in [2.05, 4.69) is 10.3 Å². The molecule has 0 spiro atoms. The van der Waals surface area contributed by atoms with Gasteiger partial charge in [0.1, 0.15) is 10.8 Å². The molecular formula is C18H20N2O6S2. The van der Waals surface area contributed by atoms with Crippen LogP contribution in [0.5, 0.6) is 5.75 Å². The lowest BCUT2D eigenvalue weighted by atomic mass is 10.2. The molecule has 150 valence electrons. The molecule has 1 amide bonds. The average molecular weight is 425 g/mol. The van der Waals surface area contributed by atoms with Gasteiger partial charge in [-0.2, -0.15) is 0 Å². The van der Waals surface area contributed by atoms with Gasteiger partial charge in [-0.05, 0) is 18.6 Å². The summed E-state index contributed by atoms with van der Waals surface area (Å²) in [7, 11) is -1.49. The van der Waals surface area contributed by atoms with Crippen LogP contribution in [0.1, 0.15) is 12.1 Å². The number of hydrogen-bond donors (Lipinski definition) is 1. The summed E-state index contributed by atoms with van der Waals surface area (Å²) in [5.74, 6) is -0.368. The fourth-order valence-corrected chi connectivity index (χ4v) is 5.29. The van der Waals surface area contributed by atoms with Crippen molar-refractivity contribution in [3.05, 3.63) is 35.3 Å². The van der Waals surface area contributed by atoms with Crippen molar-refractivity contribution in [2.75, 3.05) is 25.2 Å². The molecule has 8 nitrogen and oxygen atoms in total. The Morgan fingerprint density at radius 3 is 2.89 bits per heavy atom. The van der Waals surface area contributed by atoms with Crippen molar-refractivity contribution in [2.45, 2.75) is 18.9 Å². The first-order valence-corrected chi connectivity index (χ1v) is 11.3. The first kappa shape index (κ1) is 20.3. The smallest absolute Gasteiger partial charge is 0.312 e. The maximum absolute atomic E-state index is 11.9. The van der Waals surface area contributed by atoms with E-state index in [-0.39, 0.29) is 17.9 Å². The maximum Gasteiger partial charge on any atom is 0.312 e. The second-order valence-corrected chi connectivity index (χ2v) is 9.47. The maximum atomic E-state index is 11.9. The van der Waals surface area contributed by atoms with Crippen molar-refractivity contribution >= 4 is 33.1 Å². The van der Waals surface area contributed by atoms with E-state index < -0.39 is 34.4 Å². The van der Waals surface area contributed by atoms with Gasteiger partial charge in [-0.15, -0.1) is 11.3 Å². The Hall–Kier alpha value is -2.46. The minimum Gasteiger partial charge on any atom is -0.497 e. The van der Waals surface area contributed by atoms with Crippen LogP contribution >= 0.6 is 11.3 Å². The van der Waals surface area contributed by atoms with Gasteiger partial charge >= 0.3 is 5.97 Å². The lowest BCUT2D eigenvalue weighted by Gasteiger charge is -2.10. The zero-order valence-electron chi connectivity index (χ0n) is 15.2. The van der Waals surface area contributed by atoms with Crippen LogP contribution in [-0.4, -0.2) is 56.5 Å². The van der Waals surface area contributed by atoms with E-state index in [0.717, 1.165) is 16.3 Å². The Bertz CT molecular complexity index is 970. The summed E-state index contributed by atoms with van der Waals surface area (Å²) in [4.78, 5) is 28.2. The van der Waals surface area contributed by atoms with Gasteiger partial charge in [0.25, 0.3) is 5.91 Å². The lowest BCUT2D eigenvalue weighted by molar-refractivity contribution is -0.148. The molecule has 0 radical (unpaired) electrons. The number of thiazole rings is 1. The Morgan fingerprint density at radius 1 is 1.36 bits per heavy atom. The number of methoxy groups -OCH3 is 1. The number of carbonyl (C=O) groups is 2. The summed E-state index contributed by atoms with van der Waals surface area (Å²) >= 11 is 1.40. The zero-order chi connectivity index (χ0) is 20.1. The Balaban J connectivity index is 1.47. The number of sulfone groups is 1.